The summed E-state index contributed by atoms with van der Waals surface area (Å²) in [4.78, 5) is 43.3. The van der Waals surface area contributed by atoms with E-state index < -0.39 is 50.1 Å². The molecule has 1 aromatic carbocycles. The number of carbonyl (C=O) groups is 3. The number of hydrogen-bond acceptors (Lipinski definition) is 8. The van der Waals surface area contributed by atoms with Crippen molar-refractivity contribution in [1.29, 1.82) is 0 Å². The van der Waals surface area contributed by atoms with E-state index in [4.69, 9.17) is 23.4 Å². The van der Waals surface area contributed by atoms with Crippen LogP contribution < -0.4 is 0 Å². The lowest BCUT2D eigenvalue weighted by atomic mass is 9.93. The summed E-state index contributed by atoms with van der Waals surface area (Å²) in [5.74, 6) is -1.34. The maximum atomic E-state index is 14.2. The Morgan fingerprint density at radius 2 is 1.73 bits per heavy atom. The lowest BCUT2D eigenvalue weighted by Crippen LogP contribution is -2.59. The van der Waals surface area contributed by atoms with E-state index in [0.717, 1.165) is 5.56 Å². The zero-order valence-corrected chi connectivity index (χ0v) is 27.0. The lowest BCUT2D eigenvalue weighted by molar-refractivity contribution is -0.182. The van der Waals surface area contributed by atoms with Crippen LogP contribution in [0.25, 0.3) is 0 Å². The van der Waals surface area contributed by atoms with Crippen LogP contribution in [0.15, 0.2) is 30.3 Å². The number of ether oxygens (including phenoxy) is 4. The first kappa shape index (κ1) is 33.7. The largest absolute Gasteiger partial charge is 0.467 e. The minimum atomic E-state index is -2.36. The molecule has 0 unspecified atom stereocenters. The van der Waals surface area contributed by atoms with Gasteiger partial charge < -0.3 is 28.3 Å². The van der Waals surface area contributed by atoms with E-state index in [1.807, 2.05) is 44.2 Å². The highest BCUT2D eigenvalue weighted by Gasteiger charge is 2.61. The Morgan fingerprint density at radius 3 is 2.23 bits per heavy atom. The SMILES string of the molecule is COCO[C@]1(C)[C@H](O[Si](C)(C)C(C)(C)C)CN(C(=O)[C@H](C(C)C)N(C)C(=O)OCc2ccccc2)[C@@H]1C(=O)OC. The summed E-state index contributed by atoms with van der Waals surface area (Å²) >= 11 is 0. The fraction of sp³-hybridized carbons (Fsp3) is 0.690. The molecule has 0 N–H and O–H groups in total. The van der Waals surface area contributed by atoms with E-state index in [1.54, 1.807) is 6.92 Å². The van der Waals surface area contributed by atoms with Crippen molar-refractivity contribution in [2.75, 3.05) is 34.6 Å². The summed E-state index contributed by atoms with van der Waals surface area (Å²) in [6, 6.07) is 7.28. The number of rotatable bonds is 11. The van der Waals surface area contributed by atoms with Gasteiger partial charge in [-0.05, 0) is 36.5 Å². The van der Waals surface area contributed by atoms with Gasteiger partial charge in [0.1, 0.15) is 25.0 Å². The van der Waals surface area contributed by atoms with Gasteiger partial charge in [0.15, 0.2) is 14.4 Å². The van der Waals surface area contributed by atoms with Crippen LogP contribution in [0.1, 0.15) is 47.1 Å². The van der Waals surface area contributed by atoms with Crippen LogP contribution in [0.4, 0.5) is 4.79 Å². The number of nitrogens with zero attached hydrogens (tertiary/aromatic N) is 2. The number of likely N-dealkylation sites (tertiary alicyclic amines) is 1. The molecule has 0 spiro atoms. The zero-order valence-electron chi connectivity index (χ0n) is 26.0. The van der Waals surface area contributed by atoms with Crippen LogP contribution in [0.2, 0.25) is 18.1 Å². The molecule has 0 bridgehead atoms. The molecule has 1 heterocycles. The molecule has 40 heavy (non-hydrogen) atoms. The summed E-state index contributed by atoms with van der Waals surface area (Å²) in [6.45, 7) is 16.1. The van der Waals surface area contributed by atoms with Crippen LogP contribution in [0.3, 0.4) is 0 Å². The highest BCUT2D eigenvalue weighted by molar-refractivity contribution is 6.74. The Kier molecular flexibility index (Phi) is 11.4. The van der Waals surface area contributed by atoms with E-state index in [0.29, 0.717) is 0 Å². The van der Waals surface area contributed by atoms with Crippen molar-refractivity contribution in [2.24, 2.45) is 5.92 Å². The van der Waals surface area contributed by atoms with Gasteiger partial charge >= 0.3 is 12.1 Å². The minimum Gasteiger partial charge on any atom is -0.467 e. The van der Waals surface area contributed by atoms with E-state index >= 15 is 0 Å². The fourth-order valence-electron chi connectivity index (χ4n) is 4.69. The molecule has 1 aliphatic heterocycles. The Hall–Kier alpha value is -2.47. The van der Waals surface area contributed by atoms with Gasteiger partial charge in [-0.25, -0.2) is 9.59 Å². The number of hydrogen-bond donors (Lipinski definition) is 0. The van der Waals surface area contributed by atoms with Gasteiger partial charge in [-0.15, -0.1) is 0 Å². The standard InChI is InChI=1S/C29H48N2O8Si/c1-20(2)23(30(7)27(34)37-18-21-15-13-12-14-16-21)25(32)31-17-22(39-40(10,11)28(3,4)5)29(6,38-19-35-8)24(31)26(33)36-9/h12-16,20,22-24H,17-19H2,1-11H3/t22-,23+,24-,29-/m1/s1. The lowest BCUT2D eigenvalue weighted by Gasteiger charge is -2.42. The quantitative estimate of drug-likeness (QED) is 0.215. The maximum absolute atomic E-state index is 14.2. The van der Waals surface area contributed by atoms with Crippen molar-refractivity contribution < 1.29 is 37.8 Å². The zero-order chi connectivity index (χ0) is 30.5. The second kappa shape index (κ2) is 13.5. The van der Waals surface area contributed by atoms with Gasteiger partial charge in [-0.2, -0.15) is 0 Å². The molecule has 1 aliphatic rings. The van der Waals surface area contributed by atoms with Gasteiger partial charge in [0.2, 0.25) is 5.91 Å². The molecule has 0 radical (unpaired) electrons. The first-order valence-electron chi connectivity index (χ1n) is 13.6. The Bertz CT molecular complexity index is 1010. The topological polar surface area (TPSA) is 104 Å². The molecular weight excluding hydrogens is 532 g/mol. The molecule has 2 amide bonds. The predicted octanol–water partition coefficient (Wildman–Crippen LogP) is 4.43. The first-order valence-corrected chi connectivity index (χ1v) is 16.5. The summed E-state index contributed by atoms with van der Waals surface area (Å²) < 4.78 is 28.8. The summed E-state index contributed by atoms with van der Waals surface area (Å²) in [6.07, 6.45) is -1.28. The number of amides is 2. The van der Waals surface area contributed by atoms with E-state index in [1.165, 1.54) is 31.1 Å². The van der Waals surface area contributed by atoms with E-state index in [9.17, 15) is 14.4 Å². The molecule has 1 aromatic rings. The number of carbonyl (C=O) groups excluding carboxylic acids is 3. The van der Waals surface area contributed by atoms with Gasteiger partial charge in [0.05, 0.1) is 13.2 Å². The van der Waals surface area contributed by atoms with Crippen LogP contribution >= 0.6 is 0 Å². The van der Waals surface area contributed by atoms with Crippen molar-refractivity contribution >= 4 is 26.3 Å². The Balaban J connectivity index is 2.44. The third-order valence-electron chi connectivity index (χ3n) is 8.09. The molecule has 1 saturated heterocycles. The minimum absolute atomic E-state index is 0.0723. The molecule has 226 valence electrons. The highest BCUT2D eigenvalue weighted by Crippen LogP contribution is 2.43. The van der Waals surface area contributed by atoms with Gasteiger partial charge in [0.25, 0.3) is 0 Å². The molecule has 4 atom stereocenters. The highest BCUT2D eigenvalue weighted by atomic mass is 28.4. The number of benzene rings is 1. The Labute approximate surface area is 240 Å². The van der Waals surface area contributed by atoms with Crippen molar-refractivity contribution in [3.05, 3.63) is 35.9 Å². The maximum Gasteiger partial charge on any atom is 0.410 e. The number of esters is 1. The third kappa shape index (κ3) is 7.42. The first-order chi connectivity index (χ1) is 18.5. The van der Waals surface area contributed by atoms with Crippen LogP contribution in [-0.2, 0) is 39.6 Å². The summed E-state index contributed by atoms with van der Waals surface area (Å²) in [5.41, 5.74) is -0.430. The van der Waals surface area contributed by atoms with Crippen molar-refractivity contribution in [2.45, 2.75) is 90.1 Å². The second-order valence-electron chi connectivity index (χ2n) is 12.4. The third-order valence-corrected chi connectivity index (χ3v) is 12.6. The summed E-state index contributed by atoms with van der Waals surface area (Å²) in [5, 5.41) is -0.128. The molecular formula is C29H48N2O8Si. The molecule has 0 aliphatic carbocycles. The van der Waals surface area contributed by atoms with Gasteiger partial charge in [-0.1, -0.05) is 65.0 Å². The van der Waals surface area contributed by atoms with E-state index in [2.05, 4.69) is 33.9 Å². The van der Waals surface area contributed by atoms with Crippen molar-refractivity contribution in [3.8, 4) is 0 Å². The number of likely N-dealkylation sites (N-methyl/N-ethyl adjacent to an activating group) is 1. The average molecular weight is 581 g/mol. The number of methoxy groups -OCH3 is 2. The molecule has 0 saturated carbocycles. The molecule has 0 aromatic heterocycles. The molecule has 11 heteroatoms. The van der Waals surface area contributed by atoms with Gasteiger partial charge in [-0.3, -0.25) is 9.69 Å². The molecule has 10 nitrogen and oxygen atoms in total. The fourth-order valence-corrected chi connectivity index (χ4v) is 6.06. The van der Waals surface area contributed by atoms with Crippen LogP contribution in [0.5, 0.6) is 0 Å². The van der Waals surface area contributed by atoms with Crippen LogP contribution in [0, 0.1) is 5.92 Å². The van der Waals surface area contributed by atoms with E-state index in [-0.39, 0.29) is 30.9 Å². The van der Waals surface area contributed by atoms with Gasteiger partial charge in [0, 0.05) is 20.7 Å². The second-order valence-corrected chi connectivity index (χ2v) is 17.1. The molecule has 2 rings (SSSR count). The Morgan fingerprint density at radius 1 is 1.12 bits per heavy atom. The van der Waals surface area contributed by atoms with Crippen molar-refractivity contribution in [1.82, 2.24) is 9.80 Å². The normalized spacial score (nSPS) is 22.2. The smallest absolute Gasteiger partial charge is 0.410 e. The molecule has 1 fully saturated rings. The monoisotopic (exact) mass is 580 g/mol. The van der Waals surface area contributed by atoms with Crippen LogP contribution in [-0.4, -0.2) is 94.5 Å². The predicted molar refractivity (Wildman–Crippen MR) is 154 cm³/mol. The summed E-state index contributed by atoms with van der Waals surface area (Å²) in [7, 11) is 1.93. The van der Waals surface area contributed by atoms with Crippen molar-refractivity contribution in [3.63, 3.8) is 0 Å². The average Bonchev–Trinajstić information content (AvgIpc) is 3.16.